The minimum Gasteiger partial charge on any atom is -0.368 e. The van der Waals surface area contributed by atoms with Crippen LogP contribution in [0.1, 0.15) is 29.9 Å². The maximum Gasteiger partial charge on any atom is 0.244 e. The van der Waals surface area contributed by atoms with Crippen molar-refractivity contribution in [3.63, 3.8) is 0 Å². The molecule has 3 heterocycles. The predicted octanol–water partition coefficient (Wildman–Crippen LogP) is 1.16. The second-order valence-electron chi connectivity index (χ2n) is 5.61. The molecule has 0 aliphatic carbocycles. The maximum absolute atomic E-state index is 12.3. The van der Waals surface area contributed by atoms with Crippen LogP contribution in [0.2, 0.25) is 0 Å². The Balaban J connectivity index is 1.97. The molecule has 0 unspecified atom stereocenters. The first-order valence-electron chi connectivity index (χ1n) is 7.37. The van der Waals surface area contributed by atoms with Crippen LogP contribution in [0.25, 0.3) is 0 Å². The number of nitrogens with two attached hydrogens (primary N) is 1. The zero-order chi connectivity index (χ0) is 15.6. The highest BCUT2D eigenvalue weighted by molar-refractivity contribution is 5.86. The molecule has 0 radical (unpaired) electrons. The Morgan fingerprint density at radius 3 is 2.95 bits per heavy atom. The number of amides is 1. The van der Waals surface area contributed by atoms with Crippen LogP contribution in [0, 0.1) is 6.92 Å². The Morgan fingerprint density at radius 1 is 1.41 bits per heavy atom. The fourth-order valence-electron chi connectivity index (χ4n) is 3.18. The fourth-order valence-corrected chi connectivity index (χ4v) is 3.18. The molecular weight excluding hydrogens is 278 g/mol. The number of carbonyl (C=O) groups excluding carboxylic acids is 1. The molecule has 2 aromatic heterocycles. The molecule has 22 heavy (non-hydrogen) atoms. The molecule has 2 aromatic rings. The molecule has 0 aromatic carbocycles. The number of rotatable bonds is 4. The molecule has 0 saturated carbocycles. The van der Waals surface area contributed by atoms with Crippen LogP contribution in [-0.4, -0.2) is 32.3 Å². The van der Waals surface area contributed by atoms with Crippen molar-refractivity contribution < 1.29 is 4.79 Å². The number of nitrogens with zero attached hydrogens (tertiary/aromatic N) is 4. The van der Waals surface area contributed by atoms with Crippen molar-refractivity contribution in [2.75, 3.05) is 6.54 Å². The molecule has 2 N–H and O–H groups in total. The average molecular weight is 297 g/mol. The standard InChI is InChI=1S/C16H19N5O/c1-12-4-2-5-13(20-12)11-21-9-3-6-16(21,15(17)22)14-10-18-7-8-19-14/h2,4-5,7-8,10H,3,6,9,11H2,1H3,(H2,17,22)/t16-/m0/s1. The van der Waals surface area contributed by atoms with E-state index in [1.54, 1.807) is 18.6 Å². The smallest absolute Gasteiger partial charge is 0.244 e. The van der Waals surface area contributed by atoms with Gasteiger partial charge in [-0.3, -0.25) is 24.6 Å². The van der Waals surface area contributed by atoms with Gasteiger partial charge >= 0.3 is 0 Å². The summed E-state index contributed by atoms with van der Waals surface area (Å²) in [5, 5.41) is 0. The van der Waals surface area contributed by atoms with E-state index >= 15 is 0 Å². The summed E-state index contributed by atoms with van der Waals surface area (Å²) >= 11 is 0. The quantitative estimate of drug-likeness (QED) is 0.915. The van der Waals surface area contributed by atoms with Gasteiger partial charge in [0.25, 0.3) is 0 Å². The van der Waals surface area contributed by atoms with Gasteiger partial charge in [0, 0.05) is 31.2 Å². The van der Waals surface area contributed by atoms with Crippen LogP contribution in [0.3, 0.4) is 0 Å². The molecule has 0 spiro atoms. The summed E-state index contributed by atoms with van der Waals surface area (Å²) in [5.41, 5.74) is 7.39. The second kappa shape index (κ2) is 5.81. The molecule has 1 atom stereocenters. The summed E-state index contributed by atoms with van der Waals surface area (Å²) in [6, 6.07) is 5.90. The molecule has 114 valence electrons. The lowest BCUT2D eigenvalue weighted by atomic mass is 9.91. The normalized spacial score (nSPS) is 21.9. The van der Waals surface area contributed by atoms with Gasteiger partial charge in [-0.1, -0.05) is 6.07 Å². The van der Waals surface area contributed by atoms with Crippen molar-refractivity contribution >= 4 is 5.91 Å². The molecule has 6 heteroatoms. The molecule has 6 nitrogen and oxygen atoms in total. The van der Waals surface area contributed by atoms with Crippen LogP contribution in [0.15, 0.2) is 36.8 Å². The Hall–Kier alpha value is -2.34. The van der Waals surface area contributed by atoms with Gasteiger partial charge < -0.3 is 5.73 Å². The number of hydrogen-bond acceptors (Lipinski definition) is 5. The number of carbonyl (C=O) groups is 1. The topological polar surface area (TPSA) is 85.0 Å². The number of hydrogen-bond donors (Lipinski definition) is 1. The number of pyridine rings is 1. The number of primary amides is 1. The third-order valence-electron chi connectivity index (χ3n) is 4.20. The lowest BCUT2D eigenvalue weighted by Gasteiger charge is -2.34. The molecule has 0 bridgehead atoms. The third-order valence-corrected chi connectivity index (χ3v) is 4.20. The summed E-state index contributed by atoms with van der Waals surface area (Å²) < 4.78 is 0. The minimum absolute atomic E-state index is 0.377. The highest BCUT2D eigenvalue weighted by Crippen LogP contribution is 2.38. The van der Waals surface area contributed by atoms with E-state index in [1.807, 2.05) is 25.1 Å². The van der Waals surface area contributed by atoms with E-state index in [2.05, 4.69) is 19.9 Å². The van der Waals surface area contributed by atoms with E-state index < -0.39 is 5.54 Å². The van der Waals surface area contributed by atoms with Crippen LogP contribution in [0.4, 0.5) is 0 Å². The number of aromatic nitrogens is 3. The lowest BCUT2D eigenvalue weighted by molar-refractivity contribution is -0.129. The summed E-state index contributed by atoms with van der Waals surface area (Å²) in [6.07, 6.45) is 6.38. The summed E-state index contributed by atoms with van der Waals surface area (Å²) in [7, 11) is 0. The van der Waals surface area contributed by atoms with E-state index in [0.717, 1.165) is 24.4 Å². The summed E-state index contributed by atoms with van der Waals surface area (Å²) in [6.45, 7) is 3.31. The summed E-state index contributed by atoms with van der Waals surface area (Å²) in [4.78, 5) is 27.3. The first-order valence-corrected chi connectivity index (χ1v) is 7.37. The highest BCUT2D eigenvalue weighted by Gasteiger charge is 2.49. The van der Waals surface area contributed by atoms with E-state index in [1.165, 1.54) is 0 Å². The monoisotopic (exact) mass is 297 g/mol. The van der Waals surface area contributed by atoms with E-state index in [9.17, 15) is 4.79 Å². The van der Waals surface area contributed by atoms with Crippen molar-refractivity contribution in [3.8, 4) is 0 Å². The highest BCUT2D eigenvalue weighted by atomic mass is 16.1. The van der Waals surface area contributed by atoms with Crippen molar-refractivity contribution in [1.29, 1.82) is 0 Å². The molecule has 1 saturated heterocycles. The van der Waals surface area contributed by atoms with E-state index in [0.29, 0.717) is 18.7 Å². The van der Waals surface area contributed by atoms with Gasteiger partial charge in [0.05, 0.1) is 17.6 Å². The second-order valence-corrected chi connectivity index (χ2v) is 5.61. The first kappa shape index (κ1) is 14.6. The zero-order valence-corrected chi connectivity index (χ0v) is 12.6. The van der Waals surface area contributed by atoms with Gasteiger partial charge in [0.15, 0.2) is 0 Å². The van der Waals surface area contributed by atoms with E-state index in [4.69, 9.17) is 5.73 Å². The van der Waals surface area contributed by atoms with Crippen molar-refractivity contribution in [2.45, 2.75) is 31.8 Å². The Labute approximate surface area is 129 Å². The Morgan fingerprint density at radius 2 is 2.27 bits per heavy atom. The molecule has 1 amide bonds. The molecule has 3 rings (SSSR count). The van der Waals surface area contributed by atoms with Gasteiger partial charge in [-0.25, -0.2) is 0 Å². The maximum atomic E-state index is 12.3. The average Bonchev–Trinajstić information content (AvgIpc) is 2.93. The van der Waals surface area contributed by atoms with Gasteiger partial charge in [-0.15, -0.1) is 0 Å². The SMILES string of the molecule is Cc1cccc(CN2CCC[C@@]2(C(N)=O)c2cnccn2)n1. The third kappa shape index (κ3) is 2.46. The van der Waals surface area contributed by atoms with Crippen molar-refractivity contribution in [3.05, 3.63) is 53.9 Å². The minimum atomic E-state index is -0.889. The summed E-state index contributed by atoms with van der Waals surface area (Å²) in [5.74, 6) is -0.377. The number of aryl methyl sites for hydroxylation is 1. The molecular formula is C16H19N5O. The zero-order valence-electron chi connectivity index (χ0n) is 12.6. The van der Waals surface area contributed by atoms with Crippen LogP contribution < -0.4 is 5.73 Å². The van der Waals surface area contributed by atoms with Crippen LogP contribution in [0.5, 0.6) is 0 Å². The lowest BCUT2D eigenvalue weighted by Crippen LogP contribution is -2.51. The number of likely N-dealkylation sites (tertiary alicyclic amines) is 1. The van der Waals surface area contributed by atoms with Crippen LogP contribution >= 0.6 is 0 Å². The predicted molar refractivity (Wildman–Crippen MR) is 81.5 cm³/mol. The van der Waals surface area contributed by atoms with Gasteiger partial charge in [0.1, 0.15) is 5.54 Å². The molecule has 1 aliphatic rings. The first-order chi connectivity index (χ1) is 10.6. The van der Waals surface area contributed by atoms with Crippen molar-refractivity contribution in [1.82, 2.24) is 19.9 Å². The Bertz CT molecular complexity index is 675. The van der Waals surface area contributed by atoms with Gasteiger partial charge in [0.2, 0.25) is 5.91 Å². The van der Waals surface area contributed by atoms with E-state index in [-0.39, 0.29) is 5.91 Å². The fraction of sp³-hybridized carbons (Fsp3) is 0.375. The molecule has 1 aliphatic heterocycles. The van der Waals surface area contributed by atoms with Gasteiger partial charge in [-0.05, 0) is 31.9 Å². The van der Waals surface area contributed by atoms with Gasteiger partial charge in [-0.2, -0.15) is 0 Å². The van der Waals surface area contributed by atoms with Crippen molar-refractivity contribution in [2.24, 2.45) is 5.73 Å². The largest absolute Gasteiger partial charge is 0.368 e. The Kier molecular flexibility index (Phi) is 3.85. The molecule has 1 fully saturated rings. The van der Waals surface area contributed by atoms with Crippen LogP contribution in [-0.2, 0) is 16.9 Å².